The number of hydrogen-bond donors (Lipinski definition) is 1. The molecule has 2 rings (SSSR count). The zero-order valence-corrected chi connectivity index (χ0v) is 13.0. The van der Waals surface area contributed by atoms with Crippen LogP contribution in [0.2, 0.25) is 0 Å². The number of carbonyl (C=O) groups is 2. The zero-order valence-electron chi connectivity index (χ0n) is 13.0. The average molecular weight is 292 g/mol. The van der Waals surface area contributed by atoms with Crippen molar-refractivity contribution in [3.05, 3.63) is 18.7 Å². The molecular formula is C15H24N4O2. The molecule has 1 aromatic rings. The zero-order chi connectivity index (χ0) is 15.5. The van der Waals surface area contributed by atoms with Gasteiger partial charge in [-0.2, -0.15) is 0 Å². The Balaban J connectivity index is 1.73. The van der Waals surface area contributed by atoms with Crippen LogP contribution in [0.1, 0.15) is 33.6 Å². The quantitative estimate of drug-likeness (QED) is 0.824. The van der Waals surface area contributed by atoms with Crippen molar-refractivity contribution in [1.82, 2.24) is 19.8 Å². The highest BCUT2D eigenvalue weighted by Gasteiger charge is 2.39. The van der Waals surface area contributed by atoms with Crippen LogP contribution in [0.4, 0.5) is 0 Å². The lowest BCUT2D eigenvalue weighted by Gasteiger charge is -2.31. The smallest absolute Gasteiger partial charge is 0.225 e. The molecule has 0 bridgehead atoms. The average Bonchev–Trinajstić information content (AvgIpc) is 3.02. The van der Waals surface area contributed by atoms with E-state index >= 15 is 0 Å². The Bertz CT molecular complexity index is 490. The molecule has 2 heterocycles. The van der Waals surface area contributed by atoms with Crippen LogP contribution in [0.15, 0.2) is 18.7 Å². The van der Waals surface area contributed by atoms with Gasteiger partial charge in [0.2, 0.25) is 11.8 Å². The Morgan fingerprint density at radius 3 is 2.81 bits per heavy atom. The molecule has 1 aliphatic rings. The van der Waals surface area contributed by atoms with E-state index in [1.54, 1.807) is 17.4 Å². The molecule has 0 aromatic carbocycles. The highest BCUT2D eigenvalue weighted by Crippen LogP contribution is 2.25. The highest BCUT2D eigenvalue weighted by atomic mass is 16.2. The summed E-state index contributed by atoms with van der Waals surface area (Å²) in [6.07, 6.45) is 6.58. The minimum Gasteiger partial charge on any atom is -0.356 e. The first-order valence-corrected chi connectivity index (χ1v) is 7.42. The SMILES string of the molecule is CC(C)(C)N1CC(C(=O)NCCCn2ccnc2)CC1=O. The van der Waals surface area contributed by atoms with Gasteiger partial charge in [-0.15, -0.1) is 0 Å². The van der Waals surface area contributed by atoms with E-state index in [1.165, 1.54) is 0 Å². The number of hydrogen-bond acceptors (Lipinski definition) is 3. The molecule has 21 heavy (non-hydrogen) atoms. The molecule has 0 aliphatic carbocycles. The topological polar surface area (TPSA) is 67.2 Å². The van der Waals surface area contributed by atoms with Crippen LogP contribution >= 0.6 is 0 Å². The highest BCUT2D eigenvalue weighted by molar-refractivity contribution is 5.89. The van der Waals surface area contributed by atoms with E-state index in [-0.39, 0.29) is 23.3 Å². The molecule has 1 aliphatic heterocycles. The van der Waals surface area contributed by atoms with Crippen molar-refractivity contribution in [3.63, 3.8) is 0 Å². The van der Waals surface area contributed by atoms with Crippen LogP contribution in [-0.4, -0.2) is 44.9 Å². The number of rotatable bonds is 5. The number of nitrogens with zero attached hydrogens (tertiary/aromatic N) is 3. The summed E-state index contributed by atoms with van der Waals surface area (Å²) in [5, 5.41) is 2.93. The van der Waals surface area contributed by atoms with E-state index in [1.807, 2.05) is 31.5 Å². The third kappa shape index (κ3) is 4.06. The Morgan fingerprint density at radius 2 is 2.24 bits per heavy atom. The maximum Gasteiger partial charge on any atom is 0.225 e. The number of amides is 2. The van der Waals surface area contributed by atoms with Gasteiger partial charge in [-0.3, -0.25) is 9.59 Å². The van der Waals surface area contributed by atoms with Crippen LogP contribution in [0.25, 0.3) is 0 Å². The van der Waals surface area contributed by atoms with Crippen molar-refractivity contribution in [1.29, 1.82) is 0 Å². The molecule has 1 aromatic heterocycles. The fraction of sp³-hybridized carbons (Fsp3) is 0.667. The molecule has 1 unspecified atom stereocenters. The standard InChI is InChI=1S/C15H24N4O2/c1-15(2,3)19-10-12(9-13(19)20)14(21)17-5-4-7-18-8-6-16-11-18/h6,8,11-12H,4-5,7,9-10H2,1-3H3,(H,17,21). The van der Waals surface area contributed by atoms with E-state index in [2.05, 4.69) is 10.3 Å². The van der Waals surface area contributed by atoms with Gasteiger partial charge < -0.3 is 14.8 Å². The van der Waals surface area contributed by atoms with Crippen LogP contribution in [-0.2, 0) is 16.1 Å². The summed E-state index contributed by atoms with van der Waals surface area (Å²) in [5.41, 5.74) is -0.215. The van der Waals surface area contributed by atoms with E-state index < -0.39 is 0 Å². The Hall–Kier alpha value is -1.85. The van der Waals surface area contributed by atoms with Crippen molar-refractivity contribution in [2.24, 2.45) is 5.92 Å². The summed E-state index contributed by atoms with van der Waals surface area (Å²) < 4.78 is 1.98. The normalized spacial score (nSPS) is 19.1. The molecule has 6 heteroatoms. The van der Waals surface area contributed by atoms with Crippen molar-refractivity contribution in [2.75, 3.05) is 13.1 Å². The summed E-state index contributed by atoms with van der Waals surface area (Å²) in [6, 6.07) is 0. The van der Waals surface area contributed by atoms with Gasteiger partial charge in [-0.25, -0.2) is 4.98 Å². The van der Waals surface area contributed by atoms with E-state index in [9.17, 15) is 9.59 Å². The predicted octanol–water partition coefficient (Wildman–Crippen LogP) is 1.04. The van der Waals surface area contributed by atoms with Crippen LogP contribution in [0, 0.1) is 5.92 Å². The number of carbonyl (C=O) groups excluding carboxylic acids is 2. The fourth-order valence-corrected chi connectivity index (χ4v) is 2.57. The molecule has 0 spiro atoms. The van der Waals surface area contributed by atoms with Gasteiger partial charge in [0.1, 0.15) is 0 Å². The fourth-order valence-electron chi connectivity index (χ4n) is 2.57. The molecule has 116 valence electrons. The molecule has 6 nitrogen and oxygen atoms in total. The lowest BCUT2D eigenvalue weighted by Crippen LogP contribution is -2.43. The summed E-state index contributed by atoms with van der Waals surface area (Å²) in [6.45, 7) is 7.97. The van der Waals surface area contributed by atoms with Crippen LogP contribution in [0.5, 0.6) is 0 Å². The van der Waals surface area contributed by atoms with Gasteiger partial charge >= 0.3 is 0 Å². The Labute approximate surface area is 125 Å². The number of aryl methyl sites for hydroxylation is 1. The maximum absolute atomic E-state index is 12.1. The predicted molar refractivity (Wildman–Crippen MR) is 79.4 cm³/mol. The van der Waals surface area contributed by atoms with Gasteiger partial charge in [-0.05, 0) is 27.2 Å². The van der Waals surface area contributed by atoms with E-state index in [0.29, 0.717) is 19.5 Å². The molecule has 1 saturated heterocycles. The lowest BCUT2D eigenvalue weighted by molar-refractivity contribution is -0.132. The second-order valence-corrected chi connectivity index (χ2v) is 6.52. The Kier molecular flexibility index (Phi) is 4.65. The minimum atomic E-state index is -0.218. The van der Waals surface area contributed by atoms with Crippen molar-refractivity contribution < 1.29 is 9.59 Å². The summed E-state index contributed by atoms with van der Waals surface area (Å²) >= 11 is 0. The molecule has 1 atom stereocenters. The molecule has 0 saturated carbocycles. The van der Waals surface area contributed by atoms with Crippen molar-refractivity contribution in [3.8, 4) is 0 Å². The number of likely N-dealkylation sites (tertiary alicyclic amines) is 1. The van der Waals surface area contributed by atoms with Gasteiger partial charge in [-0.1, -0.05) is 0 Å². The van der Waals surface area contributed by atoms with Gasteiger partial charge in [0, 0.05) is 44.0 Å². The van der Waals surface area contributed by atoms with E-state index in [0.717, 1.165) is 13.0 Å². The third-order valence-electron chi connectivity index (χ3n) is 3.76. The van der Waals surface area contributed by atoms with Crippen molar-refractivity contribution >= 4 is 11.8 Å². The first-order valence-electron chi connectivity index (χ1n) is 7.42. The minimum absolute atomic E-state index is 0.0132. The molecular weight excluding hydrogens is 268 g/mol. The second-order valence-electron chi connectivity index (χ2n) is 6.52. The van der Waals surface area contributed by atoms with Gasteiger partial charge in [0.15, 0.2) is 0 Å². The summed E-state index contributed by atoms with van der Waals surface area (Å²) in [7, 11) is 0. The van der Waals surface area contributed by atoms with Gasteiger partial charge in [0.05, 0.1) is 12.2 Å². The number of nitrogens with one attached hydrogen (secondary N) is 1. The molecule has 2 amide bonds. The third-order valence-corrected chi connectivity index (χ3v) is 3.76. The lowest BCUT2D eigenvalue weighted by atomic mass is 10.1. The summed E-state index contributed by atoms with van der Waals surface area (Å²) in [5.74, 6) is -0.160. The maximum atomic E-state index is 12.1. The van der Waals surface area contributed by atoms with E-state index in [4.69, 9.17) is 0 Å². The molecule has 1 fully saturated rings. The van der Waals surface area contributed by atoms with Crippen LogP contribution < -0.4 is 5.32 Å². The Morgan fingerprint density at radius 1 is 1.48 bits per heavy atom. The van der Waals surface area contributed by atoms with Gasteiger partial charge in [0.25, 0.3) is 0 Å². The van der Waals surface area contributed by atoms with Crippen molar-refractivity contribution in [2.45, 2.75) is 45.7 Å². The first kappa shape index (κ1) is 15.5. The van der Waals surface area contributed by atoms with Crippen LogP contribution in [0.3, 0.4) is 0 Å². The molecule has 1 N–H and O–H groups in total. The largest absolute Gasteiger partial charge is 0.356 e. The summed E-state index contributed by atoms with van der Waals surface area (Å²) in [4.78, 5) is 29.8. The second kappa shape index (κ2) is 6.28. The number of imidazole rings is 1. The number of aromatic nitrogens is 2. The first-order chi connectivity index (χ1) is 9.88. The molecule has 0 radical (unpaired) electrons. The monoisotopic (exact) mass is 292 g/mol.